The first-order valence-electron chi connectivity index (χ1n) is 7.37. The highest BCUT2D eigenvalue weighted by Gasteiger charge is 2.04. The van der Waals surface area contributed by atoms with Gasteiger partial charge in [0.2, 0.25) is 0 Å². The molecule has 118 valence electrons. The molecule has 2 aromatic rings. The van der Waals surface area contributed by atoms with Crippen LogP contribution in [0.5, 0.6) is 0 Å². The first-order valence-corrected chi connectivity index (χ1v) is 8.25. The van der Waals surface area contributed by atoms with Gasteiger partial charge in [-0.2, -0.15) is 0 Å². The van der Waals surface area contributed by atoms with E-state index in [4.69, 9.17) is 0 Å². The third kappa shape index (κ3) is 5.04. The molecule has 0 aliphatic heterocycles. The number of nitrogens with one attached hydrogen (secondary N) is 2. The minimum atomic E-state index is 0.663. The van der Waals surface area contributed by atoms with Crippen LogP contribution in [0.1, 0.15) is 18.2 Å². The largest absolute Gasteiger partial charge is 0.357 e. The number of aromatic nitrogens is 1. The van der Waals surface area contributed by atoms with Crippen LogP contribution in [-0.4, -0.2) is 31.6 Å². The van der Waals surface area contributed by atoms with Crippen LogP contribution in [0.2, 0.25) is 0 Å². The molecular formula is C16H23N5S. The van der Waals surface area contributed by atoms with Gasteiger partial charge in [0.05, 0.1) is 18.8 Å². The van der Waals surface area contributed by atoms with Crippen LogP contribution in [0.3, 0.4) is 0 Å². The van der Waals surface area contributed by atoms with E-state index in [0.29, 0.717) is 13.1 Å². The van der Waals surface area contributed by atoms with Crippen LogP contribution >= 0.6 is 11.3 Å². The van der Waals surface area contributed by atoms with Gasteiger partial charge in [0.15, 0.2) is 11.1 Å². The molecule has 1 aromatic carbocycles. The molecule has 22 heavy (non-hydrogen) atoms. The summed E-state index contributed by atoms with van der Waals surface area (Å²) >= 11 is 1.65. The number of hydrogen-bond acceptors (Lipinski definition) is 4. The smallest absolute Gasteiger partial charge is 0.191 e. The van der Waals surface area contributed by atoms with Crippen molar-refractivity contribution in [2.45, 2.75) is 20.0 Å². The van der Waals surface area contributed by atoms with Crippen LogP contribution in [0.15, 0.2) is 40.7 Å². The predicted octanol–water partition coefficient (Wildman–Crippen LogP) is 2.46. The number of benzene rings is 1. The monoisotopic (exact) mass is 317 g/mol. The summed E-state index contributed by atoms with van der Waals surface area (Å²) in [6.45, 7) is 4.23. The molecule has 2 rings (SSSR count). The van der Waals surface area contributed by atoms with E-state index in [1.807, 2.05) is 37.2 Å². The second-order valence-corrected chi connectivity index (χ2v) is 5.89. The molecule has 0 bridgehead atoms. The summed E-state index contributed by atoms with van der Waals surface area (Å²) in [5, 5.41) is 9.67. The van der Waals surface area contributed by atoms with Gasteiger partial charge >= 0.3 is 0 Å². The summed E-state index contributed by atoms with van der Waals surface area (Å²) in [7, 11) is 4.00. The molecule has 2 N–H and O–H groups in total. The molecule has 1 aromatic heterocycles. The van der Waals surface area contributed by atoms with Crippen molar-refractivity contribution in [1.82, 2.24) is 15.6 Å². The standard InChI is InChI=1S/C16H23N5S/c1-4-17-15(18-10-13-8-6-5-7-9-13)19-11-14-12-22-16(20-14)21(2)3/h5-9,12H,4,10-11H2,1-3H3,(H2,17,18,19). The summed E-state index contributed by atoms with van der Waals surface area (Å²) in [6, 6.07) is 10.2. The Kier molecular flexibility index (Phi) is 6.21. The van der Waals surface area contributed by atoms with Crippen molar-refractivity contribution >= 4 is 22.4 Å². The third-order valence-corrected chi connectivity index (χ3v) is 4.02. The van der Waals surface area contributed by atoms with Gasteiger partial charge in [0.25, 0.3) is 0 Å². The molecule has 0 saturated carbocycles. The summed E-state index contributed by atoms with van der Waals surface area (Å²) < 4.78 is 0. The van der Waals surface area contributed by atoms with E-state index in [0.717, 1.165) is 23.3 Å². The van der Waals surface area contributed by atoms with Crippen molar-refractivity contribution in [2.24, 2.45) is 4.99 Å². The Morgan fingerprint density at radius 3 is 2.64 bits per heavy atom. The highest BCUT2D eigenvalue weighted by molar-refractivity contribution is 7.13. The Balaban J connectivity index is 1.93. The Morgan fingerprint density at radius 2 is 2.00 bits per heavy atom. The zero-order valence-corrected chi connectivity index (χ0v) is 14.2. The Labute approximate surface area is 136 Å². The van der Waals surface area contributed by atoms with Gasteiger partial charge in [-0.25, -0.2) is 9.98 Å². The van der Waals surface area contributed by atoms with Crippen molar-refractivity contribution in [3.63, 3.8) is 0 Å². The molecule has 5 nitrogen and oxygen atoms in total. The van der Waals surface area contributed by atoms with Crippen molar-refractivity contribution in [1.29, 1.82) is 0 Å². The number of nitrogens with zero attached hydrogens (tertiary/aromatic N) is 3. The topological polar surface area (TPSA) is 52.6 Å². The van der Waals surface area contributed by atoms with Crippen molar-refractivity contribution in [3.8, 4) is 0 Å². The van der Waals surface area contributed by atoms with Crippen LogP contribution in [0.4, 0.5) is 5.13 Å². The fraction of sp³-hybridized carbons (Fsp3) is 0.375. The molecule has 0 aliphatic carbocycles. The molecule has 1 heterocycles. The normalized spacial score (nSPS) is 11.3. The molecule has 0 unspecified atom stereocenters. The number of hydrogen-bond donors (Lipinski definition) is 2. The van der Waals surface area contributed by atoms with Crippen molar-refractivity contribution in [2.75, 3.05) is 25.5 Å². The third-order valence-electron chi connectivity index (χ3n) is 2.97. The van der Waals surface area contributed by atoms with Gasteiger partial charge in [0, 0.05) is 26.0 Å². The van der Waals surface area contributed by atoms with E-state index in [1.165, 1.54) is 5.56 Å². The molecule has 0 fully saturated rings. The Morgan fingerprint density at radius 1 is 1.23 bits per heavy atom. The zero-order valence-electron chi connectivity index (χ0n) is 13.3. The minimum Gasteiger partial charge on any atom is -0.357 e. The van der Waals surface area contributed by atoms with E-state index in [2.05, 4.69) is 45.0 Å². The average molecular weight is 317 g/mol. The molecular weight excluding hydrogens is 294 g/mol. The second kappa shape index (κ2) is 8.38. The highest BCUT2D eigenvalue weighted by atomic mass is 32.1. The molecule has 0 saturated heterocycles. The predicted molar refractivity (Wildman–Crippen MR) is 94.5 cm³/mol. The lowest BCUT2D eigenvalue weighted by Gasteiger charge is -2.10. The van der Waals surface area contributed by atoms with E-state index in [1.54, 1.807) is 11.3 Å². The lowest BCUT2D eigenvalue weighted by Crippen LogP contribution is -2.36. The van der Waals surface area contributed by atoms with Gasteiger partial charge in [-0.3, -0.25) is 0 Å². The molecule has 0 spiro atoms. The van der Waals surface area contributed by atoms with Crippen LogP contribution < -0.4 is 15.5 Å². The quantitative estimate of drug-likeness (QED) is 0.635. The van der Waals surface area contributed by atoms with Crippen LogP contribution in [0, 0.1) is 0 Å². The molecule has 0 aliphatic rings. The number of anilines is 1. The number of rotatable bonds is 6. The maximum atomic E-state index is 4.60. The SMILES string of the molecule is CCNC(=NCc1ccccc1)NCc1csc(N(C)C)n1. The maximum Gasteiger partial charge on any atom is 0.191 e. The summed E-state index contributed by atoms with van der Waals surface area (Å²) in [4.78, 5) is 11.2. The number of thiazole rings is 1. The van der Waals surface area contributed by atoms with Crippen LogP contribution in [-0.2, 0) is 13.1 Å². The molecule has 0 amide bonds. The fourth-order valence-corrected chi connectivity index (χ4v) is 2.61. The second-order valence-electron chi connectivity index (χ2n) is 5.05. The summed E-state index contributed by atoms with van der Waals surface area (Å²) in [5.74, 6) is 0.811. The van der Waals surface area contributed by atoms with Gasteiger partial charge in [0.1, 0.15) is 0 Å². The van der Waals surface area contributed by atoms with E-state index in [-0.39, 0.29) is 0 Å². The van der Waals surface area contributed by atoms with E-state index in [9.17, 15) is 0 Å². The zero-order chi connectivity index (χ0) is 15.8. The molecule has 0 radical (unpaired) electrons. The summed E-state index contributed by atoms with van der Waals surface area (Å²) in [6.07, 6.45) is 0. The molecule has 0 atom stereocenters. The first kappa shape index (κ1) is 16.3. The lowest BCUT2D eigenvalue weighted by molar-refractivity contribution is 0.803. The van der Waals surface area contributed by atoms with Crippen molar-refractivity contribution < 1.29 is 0 Å². The van der Waals surface area contributed by atoms with Gasteiger partial charge < -0.3 is 15.5 Å². The van der Waals surface area contributed by atoms with Gasteiger partial charge in [-0.05, 0) is 12.5 Å². The van der Waals surface area contributed by atoms with Crippen LogP contribution in [0.25, 0.3) is 0 Å². The van der Waals surface area contributed by atoms with Gasteiger partial charge in [-0.1, -0.05) is 30.3 Å². The number of guanidine groups is 1. The Bertz CT molecular complexity index is 592. The molecule has 6 heteroatoms. The Hall–Kier alpha value is -2.08. The maximum absolute atomic E-state index is 4.60. The minimum absolute atomic E-state index is 0.663. The van der Waals surface area contributed by atoms with Gasteiger partial charge in [-0.15, -0.1) is 11.3 Å². The number of aliphatic imine (C=N–C) groups is 1. The van der Waals surface area contributed by atoms with E-state index < -0.39 is 0 Å². The van der Waals surface area contributed by atoms with Crippen molar-refractivity contribution in [3.05, 3.63) is 47.0 Å². The van der Waals surface area contributed by atoms with E-state index >= 15 is 0 Å². The summed E-state index contributed by atoms with van der Waals surface area (Å²) in [5.41, 5.74) is 2.22. The average Bonchev–Trinajstić information content (AvgIpc) is 3.00. The fourth-order valence-electron chi connectivity index (χ4n) is 1.85. The first-order chi connectivity index (χ1) is 10.7. The lowest BCUT2D eigenvalue weighted by atomic mass is 10.2. The highest BCUT2D eigenvalue weighted by Crippen LogP contribution is 2.17.